The lowest BCUT2D eigenvalue weighted by Crippen LogP contribution is -2.33. The van der Waals surface area contributed by atoms with Gasteiger partial charge in [-0.2, -0.15) is 4.98 Å². The van der Waals surface area contributed by atoms with Gasteiger partial charge in [0, 0.05) is 18.7 Å². The molecule has 0 aliphatic carbocycles. The van der Waals surface area contributed by atoms with E-state index in [9.17, 15) is 10.1 Å². The number of aromatic nitrogens is 1. The van der Waals surface area contributed by atoms with E-state index in [2.05, 4.69) is 10.3 Å². The summed E-state index contributed by atoms with van der Waals surface area (Å²) in [4.78, 5) is 14.4. The molecule has 0 aliphatic heterocycles. The molecule has 7 heteroatoms. The van der Waals surface area contributed by atoms with Crippen molar-refractivity contribution in [1.82, 2.24) is 4.98 Å². The SMILES string of the molecule is CC(C)C(CN)Nc1nc2ccc([N+](=O)[O-])cc2o1. The Morgan fingerprint density at radius 1 is 1.53 bits per heavy atom. The Labute approximate surface area is 109 Å². The summed E-state index contributed by atoms with van der Waals surface area (Å²) in [6.07, 6.45) is 0. The smallest absolute Gasteiger partial charge is 0.295 e. The molecule has 0 radical (unpaired) electrons. The molecule has 2 aromatic rings. The standard InChI is InChI=1S/C12H16N4O3/c1-7(2)10(6-13)15-12-14-9-4-3-8(16(17)18)5-11(9)19-12/h3-5,7,10H,6,13H2,1-2H3,(H,14,15). The van der Waals surface area contributed by atoms with Crippen molar-refractivity contribution in [1.29, 1.82) is 0 Å². The Morgan fingerprint density at radius 3 is 2.84 bits per heavy atom. The lowest BCUT2D eigenvalue weighted by Gasteiger charge is -2.18. The minimum atomic E-state index is -0.466. The first-order valence-electron chi connectivity index (χ1n) is 6.03. The van der Waals surface area contributed by atoms with Crippen LogP contribution in [0.4, 0.5) is 11.7 Å². The predicted molar refractivity (Wildman–Crippen MR) is 72.0 cm³/mol. The van der Waals surface area contributed by atoms with E-state index in [-0.39, 0.29) is 11.7 Å². The van der Waals surface area contributed by atoms with Crippen LogP contribution < -0.4 is 11.1 Å². The summed E-state index contributed by atoms with van der Waals surface area (Å²) < 4.78 is 5.46. The van der Waals surface area contributed by atoms with Crippen LogP contribution in [0.2, 0.25) is 0 Å². The van der Waals surface area contributed by atoms with Gasteiger partial charge in [0.25, 0.3) is 11.7 Å². The number of hydrogen-bond donors (Lipinski definition) is 2. The third-order valence-electron chi connectivity index (χ3n) is 2.95. The Kier molecular flexibility index (Phi) is 3.66. The van der Waals surface area contributed by atoms with Crippen molar-refractivity contribution in [2.24, 2.45) is 11.7 Å². The fourth-order valence-corrected chi connectivity index (χ4v) is 1.74. The molecule has 1 aromatic carbocycles. The summed E-state index contributed by atoms with van der Waals surface area (Å²) in [7, 11) is 0. The molecule has 0 bridgehead atoms. The average molecular weight is 264 g/mol. The van der Waals surface area contributed by atoms with E-state index in [1.807, 2.05) is 13.8 Å². The molecular formula is C12H16N4O3. The van der Waals surface area contributed by atoms with Gasteiger partial charge in [0.2, 0.25) is 0 Å². The van der Waals surface area contributed by atoms with E-state index in [4.69, 9.17) is 10.2 Å². The number of non-ortho nitro benzene ring substituents is 1. The topological polar surface area (TPSA) is 107 Å². The van der Waals surface area contributed by atoms with E-state index >= 15 is 0 Å². The molecule has 102 valence electrons. The Morgan fingerprint density at radius 2 is 2.26 bits per heavy atom. The van der Waals surface area contributed by atoms with E-state index in [0.29, 0.717) is 29.6 Å². The second-order valence-electron chi connectivity index (χ2n) is 4.66. The van der Waals surface area contributed by atoms with Crippen LogP contribution in [-0.4, -0.2) is 22.5 Å². The molecule has 0 aliphatic rings. The van der Waals surface area contributed by atoms with Crippen molar-refractivity contribution in [2.75, 3.05) is 11.9 Å². The zero-order valence-corrected chi connectivity index (χ0v) is 10.8. The maximum Gasteiger partial charge on any atom is 0.295 e. The molecule has 7 nitrogen and oxygen atoms in total. The molecule has 3 N–H and O–H groups in total. The van der Waals surface area contributed by atoms with Gasteiger partial charge >= 0.3 is 0 Å². The summed E-state index contributed by atoms with van der Waals surface area (Å²) in [5.74, 6) is 0.328. The number of fused-ring (bicyclic) bond motifs is 1. The fourth-order valence-electron chi connectivity index (χ4n) is 1.74. The minimum absolute atomic E-state index is 0.0190. The van der Waals surface area contributed by atoms with Crippen LogP contribution in [-0.2, 0) is 0 Å². The highest BCUT2D eigenvalue weighted by atomic mass is 16.6. The highest BCUT2D eigenvalue weighted by molar-refractivity contribution is 5.77. The number of oxazole rings is 1. The molecule has 1 aromatic heterocycles. The first kappa shape index (κ1) is 13.3. The first-order chi connectivity index (χ1) is 9.01. The van der Waals surface area contributed by atoms with Gasteiger partial charge in [0.05, 0.1) is 11.0 Å². The zero-order valence-electron chi connectivity index (χ0n) is 10.8. The second-order valence-corrected chi connectivity index (χ2v) is 4.66. The van der Waals surface area contributed by atoms with Gasteiger partial charge in [-0.15, -0.1) is 0 Å². The average Bonchev–Trinajstić information content (AvgIpc) is 2.76. The van der Waals surface area contributed by atoms with Gasteiger partial charge in [-0.1, -0.05) is 13.8 Å². The molecule has 0 spiro atoms. The lowest BCUT2D eigenvalue weighted by atomic mass is 10.1. The van der Waals surface area contributed by atoms with Crippen molar-refractivity contribution in [2.45, 2.75) is 19.9 Å². The number of anilines is 1. The summed E-state index contributed by atoms with van der Waals surface area (Å²) in [5.41, 5.74) is 6.60. The Bertz CT molecular complexity index is 594. The molecule has 1 heterocycles. The van der Waals surface area contributed by atoms with Crippen LogP contribution in [0.25, 0.3) is 11.1 Å². The highest BCUT2D eigenvalue weighted by Crippen LogP contribution is 2.24. The zero-order chi connectivity index (χ0) is 14.0. The minimum Gasteiger partial charge on any atom is -0.423 e. The number of rotatable bonds is 5. The normalized spacial score (nSPS) is 12.8. The first-order valence-corrected chi connectivity index (χ1v) is 6.03. The summed E-state index contributed by atoms with van der Waals surface area (Å²) in [6.45, 7) is 4.53. The van der Waals surface area contributed by atoms with Crippen LogP contribution in [0.15, 0.2) is 22.6 Å². The summed E-state index contributed by atoms with van der Waals surface area (Å²) in [6, 6.07) is 4.70. The van der Waals surface area contributed by atoms with Crippen molar-refractivity contribution in [3.05, 3.63) is 28.3 Å². The molecule has 0 fully saturated rings. The third kappa shape index (κ3) is 2.82. The van der Waals surface area contributed by atoms with Crippen LogP contribution in [0.3, 0.4) is 0 Å². The fraction of sp³-hybridized carbons (Fsp3) is 0.417. The number of nitrogens with zero attached hydrogens (tertiary/aromatic N) is 2. The number of benzene rings is 1. The van der Waals surface area contributed by atoms with Gasteiger partial charge in [-0.25, -0.2) is 0 Å². The number of nitro benzene ring substituents is 1. The van der Waals surface area contributed by atoms with Gasteiger partial charge in [0.15, 0.2) is 5.58 Å². The van der Waals surface area contributed by atoms with E-state index in [1.54, 1.807) is 6.07 Å². The highest BCUT2D eigenvalue weighted by Gasteiger charge is 2.16. The molecule has 1 unspecified atom stereocenters. The monoisotopic (exact) mass is 264 g/mol. The Hall–Kier alpha value is -2.15. The second kappa shape index (κ2) is 5.23. The molecule has 0 amide bonds. The lowest BCUT2D eigenvalue weighted by molar-refractivity contribution is -0.384. The van der Waals surface area contributed by atoms with Crippen LogP contribution >= 0.6 is 0 Å². The van der Waals surface area contributed by atoms with Gasteiger partial charge in [-0.3, -0.25) is 10.1 Å². The third-order valence-corrected chi connectivity index (χ3v) is 2.95. The number of hydrogen-bond acceptors (Lipinski definition) is 6. The van der Waals surface area contributed by atoms with Crippen LogP contribution in [0.5, 0.6) is 0 Å². The predicted octanol–water partition coefficient (Wildman–Crippen LogP) is 2.13. The van der Waals surface area contributed by atoms with Crippen molar-refractivity contribution in [3.63, 3.8) is 0 Å². The van der Waals surface area contributed by atoms with Gasteiger partial charge in [-0.05, 0) is 12.0 Å². The van der Waals surface area contributed by atoms with E-state index in [1.165, 1.54) is 12.1 Å². The Balaban J connectivity index is 2.28. The largest absolute Gasteiger partial charge is 0.423 e. The summed E-state index contributed by atoms with van der Waals surface area (Å²) in [5, 5.41) is 13.8. The van der Waals surface area contributed by atoms with Gasteiger partial charge < -0.3 is 15.5 Å². The molecule has 1 atom stereocenters. The quantitative estimate of drug-likeness (QED) is 0.632. The maximum atomic E-state index is 10.7. The number of nitro groups is 1. The maximum absolute atomic E-state index is 10.7. The molecule has 2 rings (SSSR count). The van der Waals surface area contributed by atoms with Crippen molar-refractivity contribution in [3.8, 4) is 0 Å². The van der Waals surface area contributed by atoms with Crippen molar-refractivity contribution >= 4 is 22.8 Å². The molecular weight excluding hydrogens is 248 g/mol. The molecule has 0 saturated carbocycles. The van der Waals surface area contributed by atoms with Crippen LogP contribution in [0, 0.1) is 16.0 Å². The summed E-state index contributed by atoms with van der Waals surface area (Å²) >= 11 is 0. The van der Waals surface area contributed by atoms with Crippen molar-refractivity contribution < 1.29 is 9.34 Å². The number of nitrogens with two attached hydrogens (primary N) is 1. The van der Waals surface area contributed by atoms with E-state index < -0.39 is 4.92 Å². The van der Waals surface area contributed by atoms with Gasteiger partial charge in [0.1, 0.15) is 5.52 Å². The van der Waals surface area contributed by atoms with Crippen LogP contribution in [0.1, 0.15) is 13.8 Å². The number of nitrogens with one attached hydrogen (secondary N) is 1. The molecule has 0 saturated heterocycles. The molecule has 19 heavy (non-hydrogen) atoms. The van der Waals surface area contributed by atoms with E-state index in [0.717, 1.165) is 0 Å².